The van der Waals surface area contributed by atoms with Crippen LogP contribution >= 0.6 is 11.3 Å². The number of aryl methyl sites for hydroxylation is 2. The Morgan fingerprint density at radius 3 is 2.61 bits per heavy atom. The molecule has 0 radical (unpaired) electrons. The Morgan fingerprint density at radius 2 is 1.89 bits per heavy atom. The molecule has 1 aromatic carbocycles. The van der Waals surface area contributed by atoms with Gasteiger partial charge < -0.3 is 5.73 Å². The van der Waals surface area contributed by atoms with E-state index in [1.807, 2.05) is 31.2 Å². The minimum Gasteiger partial charge on any atom is -0.383 e. The van der Waals surface area contributed by atoms with E-state index in [4.69, 9.17) is 5.73 Å². The molecule has 3 nitrogen and oxygen atoms in total. The summed E-state index contributed by atoms with van der Waals surface area (Å²) in [7, 11) is 0. The zero-order chi connectivity index (χ0) is 12.7. The van der Waals surface area contributed by atoms with E-state index in [9.17, 15) is 0 Å². The first-order chi connectivity index (χ1) is 8.63. The smallest absolute Gasteiger partial charge is 0.172 e. The summed E-state index contributed by atoms with van der Waals surface area (Å²) in [5.74, 6) is 1.26. The van der Waals surface area contributed by atoms with Crippen LogP contribution in [-0.4, -0.2) is 9.97 Å². The minimum atomic E-state index is 0.546. The molecule has 0 saturated heterocycles. The second-order valence-corrected chi connectivity index (χ2v) is 5.65. The van der Waals surface area contributed by atoms with Gasteiger partial charge in [-0.2, -0.15) is 0 Å². The van der Waals surface area contributed by atoms with Gasteiger partial charge in [-0.15, -0.1) is 11.3 Å². The van der Waals surface area contributed by atoms with Crippen LogP contribution < -0.4 is 5.73 Å². The van der Waals surface area contributed by atoms with Crippen molar-refractivity contribution >= 4 is 28.1 Å². The van der Waals surface area contributed by atoms with Crippen LogP contribution in [0.15, 0.2) is 30.3 Å². The van der Waals surface area contributed by atoms with Crippen molar-refractivity contribution in [1.29, 1.82) is 0 Å². The molecule has 3 aromatic rings. The lowest BCUT2D eigenvalue weighted by Crippen LogP contribution is -1.97. The lowest BCUT2D eigenvalue weighted by molar-refractivity contribution is 1.24. The van der Waals surface area contributed by atoms with Gasteiger partial charge in [-0.25, -0.2) is 9.97 Å². The number of thiophene rings is 1. The molecule has 0 unspecified atom stereocenters. The first kappa shape index (κ1) is 11.2. The van der Waals surface area contributed by atoms with E-state index < -0.39 is 0 Å². The van der Waals surface area contributed by atoms with Gasteiger partial charge in [-0.3, -0.25) is 0 Å². The molecule has 0 spiro atoms. The molecule has 0 aliphatic carbocycles. The average molecular weight is 255 g/mol. The van der Waals surface area contributed by atoms with E-state index in [-0.39, 0.29) is 0 Å². The van der Waals surface area contributed by atoms with Crippen molar-refractivity contribution in [2.24, 2.45) is 0 Å². The number of fused-ring (bicyclic) bond motifs is 1. The maximum atomic E-state index is 6.02. The molecule has 2 aromatic heterocycles. The van der Waals surface area contributed by atoms with E-state index in [0.29, 0.717) is 11.6 Å². The molecule has 0 saturated carbocycles. The molecule has 0 fully saturated rings. The highest BCUT2D eigenvalue weighted by atomic mass is 32.1. The van der Waals surface area contributed by atoms with Gasteiger partial charge in [-0.05, 0) is 38.1 Å². The highest BCUT2D eigenvalue weighted by Crippen LogP contribution is 2.28. The molecule has 90 valence electrons. The normalized spacial score (nSPS) is 11.0. The Bertz CT molecular complexity index is 731. The van der Waals surface area contributed by atoms with Gasteiger partial charge in [-0.1, -0.05) is 11.6 Å². The zero-order valence-electron chi connectivity index (χ0n) is 10.3. The molecule has 2 heterocycles. The fourth-order valence-corrected chi connectivity index (χ4v) is 2.73. The number of benzene rings is 1. The lowest BCUT2D eigenvalue weighted by atomic mass is 10.1. The quantitative estimate of drug-likeness (QED) is 0.723. The Hall–Kier alpha value is -1.94. The van der Waals surface area contributed by atoms with E-state index in [0.717, 1.165) is 21.3 Å². The van der Waals surface area contributed by atoms with Crippen molar-refractivity contribution in [2.45, 2.75) is 13.8 Å². The number of nitrogens with zero attached hydrogens (tertiary/aromatic N) is 2. The van der Waals surface area contributed by atoms with Crippen LogP contribution in [0.3, 0.4) is 0 Å². The molecule has 0 aliphatic heterocycles. The Balaban J connectivity index is 2.24. The summed E-state index contributed by atoms with van der Waals surface area (Å²) in [5.41, 5.74) is 8.09. The SMILES string of the molecule is Cc1ccc2nc(-c3ccc(C)s3)nc(N)c2c1. The Kier molecular flexibility index (Phi) is 2.52. The van der Waals surface area contributed by atoms with Crippen molar-refractivity contribution in [1.82, 2.24) is 9.97 Å². The predicted octanol–water partition coefficient (Wildman–Crippen LogP) is 3.56. The van der Waals surface area contributed by atoms with Gasteiger partial charge in [0, 0.05) is 10.3 Å². The molecule has 0 aliphatic rings. The Labute approximate surface area is 109 Å². The monoisotopic (exact) mass is 255 g/mol. The maximum absolute atomic E-state index is 6.02. The number of hydrogen-bond acceptors (Lipinski definition) is 4. The van der Waals surface area contributed by atoms with Gasteiger partial charge in [0.15, 0.2) is 5.82 Å². The summed E-state index contributed by atoms with van der Waals surface area (Å²) in [4.78, 5) is 11.3. The van der Waals surface area contributed by atoms with Gasteiger partial charge in [0.25, 0.3) is 0 Å². The fourth-order valence-electron chi connectivity index (χ4n) is 1.93. The molecule has 18 heavy (non-hydrogen) atoms. The standard InChI is InChI=1S/C14H13N3S/c1-8-3-5-11-10(7-8)13(15)17-14(16-11)12-6-4-9(2)18-12/h3-7H,1-2H3,(H2,15,16,17). The van der Waals surface area contributed by atoms with Crippen molar-refractivity contribution < 1.29 is 0 Å². The number of aromatic nitrogens is 2. The van der Waals surface area contributed by atoms with Gasteiger partial charge >= 0.3 is 0 Å². The number of nitrogens with two attached hydrogens (primary N) is 1. The van der Waals surface area contributed by atoms with E-state index in [1.54, 1.807) is 11.3 Å². The molecule has 2 N–H and O–H groups in total. The summed E-state index contributed by atoms with van der Waals surface area (Å²) in [6.45, 7) is 4.11. The first-order valence-corrected chi connectivity index (χ1v) is 6.56. The summed E-state index contributed by atoms with van der Waals surface area (Å²) >= 11 is 1.68. The second-order valence-electron chi connectivity index (χ2n) is 4.36. The number of rotatable bonds is 1. The molecular formula is C14H13N3S. The predicted molar refractivity (Wildman–Crippen MR) is 76.7 cm³/mol. The molecule has 0 atom stereocenters. The number of nitrogen functional groups attached to an aromatic ring is 1. The van der Waals surface area contributed by atoms with Crippen molar-refractivity contribution in [3.8, 4) is 10.7 Å². The molecule has 4 heteroatoms. The Morgan fingerprint density at radius 1 is 1.06 bits per heavy atom. The molecule has 0 amide bonds. The third-order valence-electron chi connectivity index (χ3n) is 2.84. The third-order valence-corrected chi connectivity index (χ3v) is 3.84. The third kappa shape index (κ3) is 1.84. The van der Waals surface area contributed by atoms with Crippen LogP contribution in [-0.2, 0) is 0 Å². The van der Waals surface area contributed by atoms with Gasteiger partial charge in [0.05, 0.1) is 10.4 Å². The fraction of sp³-hybridized carbons (Fsp3) is 0.143. The summed E-state index contributed by atoms with van der Waals surface area (Å²) in [6, 6.07) is 10.2. The summed E-state index contributed by atoms with van der Waals surface area (Å²) in [5, 5.41) is 0.923. The van der Waals surface area contributed by atoms with Crippen LogP contribution in [0.4, 0.5) is 5.82 Å². The second kappa shape index (κ2) is 4.07. The average Bonchev–Trinajstić information content (AvgIpc) is 2.77. The van der Waals surface area contributed by atoms with Gasteiger partial charge in [0.2, 0.25) is 0 Å². The van der Waals surface area contributed by atoms with Crippen LogP contribution in [0.25, 0.3) is 21.6 Å². The van der Waals surface area contributed by atoms with Crippen molar-refractivity contribution in [3.05, 3.63) is 40.8 Å². The van der Waals surface area contributed by atoms with Crippen LogP contribution in [0.2, 0.25) is 0 Å². The summed E-state index contributed by atoms with van der Waals surface area (Å²) in [6.07, 6.45) is 0. The first-order valence-electron chi connectivity index (χ1n) is 5.74. The molecular weight excluding hydrogens is 242 g/mol. The topological polar surface area (TPSA) is 51.8 Å². The minimum absolute atomic E-state index is 0.546. The van der Waals surface area contributed by atoms with Crippen molar-refractivity contribution in [2.75, 3.05) is 5.73 Å². The van der Waals surface area contributed by atoms with E-state index in [2.05, 4.69) is 23.0 Å². The van der Waals surface area contributed by atoms with Gasteiger partial charge in [0.1, 0.15) is 5.82 Å². The number of hydrogen-bond donors (Lipinski definition) is 1. The largest absolute Gasteiger partial charge is 0.383 e. The van der Waals surface area contributed by atoms with E-state index in [1.165, 1.54) is 4.88 Å². The van der Waals surface area contributed by atoms with E-state index >= 15 is 0 Å². The van der Waals surface area contributed by atoms with Crippen LogP contribution in [0.1, 0.15) is 10.4 Å². The summed E-state index contributed by atoms with van der Waals surface area (Å²) < 4.78 is 0. The zero-order valence-corrected chi connectivity index (χ0v) is 11.1. The molecule has 3 rings (SSSR count). The van der Waals surface area contributed by atoms with Crippen LogP contribution in [0, 0.1) is 13.8 Å². The number of anilines is 1. The highest BCUT2D eigenvalue weighted by molar-refractivity contribution is 7.15. The maximum Gasteiger partial charge on any atom is 0.172 e. The molecule has 0 bridgehead atoms. The van der Waals surface area contributed by atoms with Crippen molar-refractivity contribution in [3.63, 3.8) is 0 Å². The highest BCUT2D eigenvalue weighted by Gasteiger charge is 2.08. The lowest BCUT2D eigenvalue weighted by Gasteiger charge is -2.04. The van der Waals surface area contributed by atoms with Crippen LogP contribution in [0.5, 0.6) is 0 Å².